The van der Waals surface area contributed by atoms with Crippen LogP contribution in [-0.4, -0.2) is 9.55 Å². The van der Waals surface area contributed by atoms with Crippen LogP contribution in [0.2, 0.25) is 0 Å². The van der Waals surface area contributed by atoms with Gasteiger partial charge in [0.1, 0.15) is 0 Å². The highest BCUT2D eigenvalue weighted by molar-refractivity contribution is 9.10. The first-order valence-electron chi connectivity index (χ1n) is 6.91. The summed E-state index contributed by atoms with van der Waals surface area (Å²) in [5, 5.41) is 0. The van der Waals surface area contributed by atoms with Crippen molar-refractivity contribution < 1.29 is 0 Å². The number of benzene rings is 2. The van der Waals surface area contributed by atoms with Crippen molar-refractivity contribution >= 4 is 32.9 Å². The van der Waals surface area contributed by atoms with Crippen LogP contribution in [0.3, 0.4) is 0 Å². The van der Waals surface area contributed by atoms with Gasteiger partial charge in [-0.15, -0.1) is 0 Å². The molecule has 0 atom stereocenters. The summed E-state index contributed by atoms with van der Waals surface area (Å²) in [6.45, 7) is 6.62. The third kappa shape index (κ3) is 2.44. The minimum absolute atomic E-state index is 0.0334. The second kappa shape index (κ2) is 4.88. The highest BCUT2D eigenvalue weighted by atomic mass is 79.9. The Balaban J connectivity index is 2.36. The zero-order valence-corrected chi connectivity index (χ0v) is 14.0. The fourth-order valence-electron chi connectivity index (χ4n) is 2.62. The molecule has 0 spiro atoms. The first kappa shape index (κ1) is 14.1. The monoisotopic (exact) mass is 343 g/mol. The van der Waals surface area contributed by atoms with Crippen LogP contribution in [0.15, 0.2) is 46.9 Å². The molecule has 0 fully saturated rings. The van der Waals surface area contributed by atoms with Gasteiger partial charge >= 0.3 is 0 Å². The van der Waals surface area contributed by atoms with Gasteiger partial charge in [0.05, 0.1) is 16.7 Å². The molecular formula is C17H18BrN3. The van der Waals surface area contributed by atoms with Gasteiger partial charge in [0, 0.05) is 4.47 Å². The summed E-state index contributed by atoms with van der Waals surface area (Å²) in [6, 6.07) is 14.4. The van der Waals surface area contributed by atoms with E-state index in [1.54, 1.807) is 0 Å². The summed E-state index contributed by atoms with van der Waals surface area (Å²) >= 11 is 3.52. The molecule has 0 bridgehead atoms. The van der Waals surface area contributed by atoms with Gasteiger partial charge in [0.2, 0.25) is 5.95 Å². The summed E-state index contributed by atoms with van der Waals surface area (Å²) in [6.07, 6.45) is 0. The number of aromatic nitrogens is 2. The number of halogens is 1. The van der Waals surface area contributed by atoms with E-state index < -0.39 is 0 Å². The van der Waals surface area contributed by atoms with Crippen molar-refractivity contribution in [2.24, 2.45) is 0 Å². The molecule has 3 rings (SSSR count). The largest absolute Gasteiger partial charge is 0.369 e. The molecule has 3 nitrogen and oxygen atoms in total. The van der Waals surface area contributed by atoms with Crippen LogP contribution in [0.25, 0.3) is 16.7 Å². The Bertz CT molecular complexity index is 813. The lowest BCUT2D eigenvalue weighted by atomic mass is 9.85. The molecule has 108 valence electrons. The average Bonchev–Trinajstić information content (AvgIpc) is 2.73. The summed E-state index contributed by atoms with van der Waals surface area (Å²) < 4.78 is 3.05. The van der Waals surface area contributed by atoms with E-state index in [0.29, 0.717) is 5.95 Å². The van der Waals surface area contributed by atoms with Gasteiger partial charge in [0.15, 0.2) is 0 Å². The number of nitrogens with two attached hydrogens (primary N) is 1. The third-order valence-corrected chi connectivity index (χ3v) is 4.09. The van der Waals surface area contributed by atoms with E-state index in [1.807, 2.05) is 22.8 Å². The van der Waals surface area contributed by atoms with Gasteiger partial charge < -0.3 is 5.73 Å². The predicted octanol–water partition coefficient (Wildman–Crippen LogP) is 4.67. The topological polar surface area (TPSA) is 43.8 Å². The molecule has 0 amide bonds. The maximum absolute atomic E-state index is 6.18. The Kier molecular flexibility index (Phi) is 3.29. The Labute approximate surface area is 132 Å². The van der Waals surface area contributed by atoms with E-state index in [9.17, 15) is 0 Å². The first-order valence-corrected chi connectivity index (χ1v) is 7.70. The number of nitrogen functional groups attached to an aromatic ring is 1. The molecule has 0 aliphatic rings. The fraction of sp³-hybridized carbons (Fsp3) is 0.235. The Hall–Kier alpha value is -1.81. The van der Waals surface area contributed by atoms with Crippen LogP contribution < -0.4 is 5.73 Å². The lowest BCUT2D eigenvalue weighted by Crippen LogP contribution is -2.15. The molecule has 0 unspecified atom stereocenters. The number of para-hydroxylation sites is 1. The number of nitrogens with zero attached hydrogens (tertiary/aromatic N) is 2. The van der Waals surface area contributed by atoms with Crippen molar-refractivity contribution in [3.8, 4) is 5.69 Å². The molecule has 0 saturated heterocycles. The molecule has 0 radical (unpaired) electrons. The van der Waals surface area contributed by atoms with Crippen LogP contribution in [-0.2, 0) is 5.41 Å². The Morgan fingerprint density at radius 2 is 1.81 bits per heavy atom. The van der Waals surface area contributed by atoms with E-state index in [2.05, 4.69) is 66.0 Å². The van der Waals surface area contributed by atoms with Gasteiger partial charge in [-0.1, -0.05) is 54.9 Å². The standard InChI is InChI=1S/C17H18BrN3/c1-17(2,3)12-6-4-5-7-14(12)21-15-10-11(18)8-9-13(15)20-16(21)19/h4-10H,1-3H3,(H2,19,20). The van der Waals surface area contributed by atoms with Crippen LogP contribution in [0.4, 0.5) is 5.95 Å². The van der Waals surface area contributed by atoms with E-state index in [0.717, 1.165) is 21.2 Å². The van der Waals surface area contributed by atoms with Crippen LogP contribution in [0.1, 0.15) is 26.3 Å². The Morgan fingerprint density at radius 1 is 1.10 bits per heavy atom. The quantitative estimate of drug-likeness (QED) is 0.697. The lowest BCUT2D eigenvalue weighted by Gasteiger charge is -2.23. The number of imidazole rings is 1. The summed E-state index contributed by atoms with van der Waals surface area (Å²) in [4.78, 5) is 4.47. The van der Waals surface area contributed by atoms with Crippen molar-refractivity contribution in [3.63, 3.8) is 0 Å². The zero-order chi connectivity index (χ0) is 15.2. The smallest absolute Gasteiger partial charge is 0.205 e. The third-order valence-electron chi connectivity index (χ3n) is 3.60. The summed E-state index contributed by atoms with van der Waals surface area (Å²) in [7, 11) is 0. The van der Waals surface area contributed by atoms with Crippen LogP contribution in [0.5, 0.6) is 0 Å². The van der Waals surface area contributed by atoms with E-state index in [1.165, 1.54) is 5.56 Å². The lowest BCUT2D eigenvalue weighted by molar-refractivity contribution is 0.587. The van der Waals surface area contributed by atoms with Gasteiger partial charge in [0.25, 0.3) is 0 Å². The highest BCUT2D eigenvalue weighted by Crippen LogP contribution is 2.32. The van der Waals surface area contributed by atoms with Crippen molar-refractivity contribution in [3.05, 3.63) is 52.5 Å². The van der Waals surface area contributed by atoms with Gasteiger partial charge in [-0.2, -0.15) is 0 Å². The molecule has 0 aliphatic heterocycles. The number of hydrogen-bond donors (Lipinski definition) is 1. The molecule has 21 heavy (non-hydrogen) atoms. The molecule has 3 aromatic rings. The van der Waals surface area contributed by atoms with Crippen molar-refractivity contribution in [2.75, 3.05) is 5.73 Å². The maximum Gasteiger partial charge on any atom is 0.205 e. The molecule has 2 N–H and O–H groups in total. The van der Waals surface area contributed by atoms with Crippen LogP contribution >= 0.6 is 15.9 Å². The zero-order valence-electron chi connectivity index (χ0n) is 12.4. The molecular weight excluding hydrogens is 326 g/mol. The van der Waals surface area contributed by atoms with Gasteiger partial charge in [-0.3, -0.25) is 4.57 Å². The number of fused-ring (bicyclic) bond motifs is 1. The van der Waals surface area contributed by atoms with E-state index >= 15 is 0 Å². The average molecular weight is 344 g/mol. The maximum atomic E-state index is 6.18. The fourth-order valence-corrected chi connectivity index (χ4v) is 2.97. The normalized spacial score (nSPS) is 12.0. The summed E-state index contributed by atoms with van der Waals surface area (Å²) in [5.74, 6) is 0.514. The van der Waals surface area contributed by atoms with E-state index in [-0.39, 0.29) is 5.41 Å². The molecule has 0 aliphatic carbocycles. The van der Waals surface area contributed by atoms with E-state index in [4.69, 9.17) is 5.73 Å². The van der Waals surface area contributed by atoms with Gasteiger partial charge in [-0.25, -0.2) is 4.98 Å². The highest BCUT2D eigenvalue weighted by Gasteiger charge is 2.21. The van der Waals surface area contributed by atoms with Crippen LogP contribution in [0, 0.1) is 0 Å². The molecule has 1 heterocycles. The molecule has 2 aromatic carbocycles. The van der Waals surface area contributed by atoms with Crippen molar-refractivity contribution in [1.29, 1.82) is 0 Å². The second-order valence-electron chi connectivity index (χ2n) is 6.21. The van der Waals surface area contributed by atoms with Crippen molar-refractivity contribution in [1.82, 2.24) is 9.55 Å². The number of anilines is 1. The molecule has 4 heteroatoms. The van der Waals surface area contributed by atoms with Gasteiger partial charge in [-0.05, 0) is 35.2 Å². The molecule has 0 saturated carbocycles. The minimum atomic E-state index is 0.0334. The SMILES string of the molecule is CC(C)(C)c1ccccc1-n1c(N)nc2ccc(Br)cc21. The number of hydrogen-bond acceptors (Lipinski definition) is 2. The predicted molar refractivity (Wildman–Crippen MR) is 91.9 cm³/mol. The first-order chi connectivity index (χ1) is 9.88. The second-order valence-corrected chi connectivity index (χ2v) is 7.12. The summed E-state index contributed by atoms with van der Waals surface area (Å²) in [5.41, 5.74) is 10.5. The molecule has 1 aromatic heterocycles. The Morgan fingerprint density at radius 3 is 2.52 bits per heavy atom. The minimum Gasteiger partial charge on any atom is -0.369 e. The van der Waals surface area contributed by atoms with Crippen molar-refractivity contribution in [2.45, 2.75) is 26.2 Å². The number of rotatable bonds is 1.